The average Bonchev–Trinajstić information content (AvgIpc) is 2.73. The highest BCUT2D eigenvalue weighted by Gasteiger charge is 2.11. The lowest BCUT2D eigenvalue weighted by atomic mass is 10.2. The number of carbonyl (C=O) groups is 3. The van der Waals surface area contributed by atoms with Crippen molar-refractivity contribution >= 4 is 52.8 Å². The Morgan fingerprint density at radius 2 is 1.83 bits per heavy atom. The number of nitrogens with one attached hydrogen (secondary N) is 3. The van der Waals surface area contributed by atoms with E-state index in [1.54, 1.807) is 36.4 Å². The van der Waals surface area contributed by atoms with E-state index in [0.29, 0.717) is 16.3 Å². The molecule has 2 rings (SSSR count). The van der Waals surface area contributed by atoms with E-state index >= 15 is 0 Å². The zero-order valence-electron chi connectivity index (χ0n) is 15.7. The van der Waals surface area contributed by atoms with E-state index in [4.69, 9.17) is 27.9 Å². The molecule has 0 aliphatic rings. The van der Waals surface area contributed by atoms with Gasteiger partial charge >= 0.3 is 11.8 Å². The maximum absolute atomic E-state index is 12.0. The summed E-state index contributed by atoms with van der Waals surface area (Å²) in [5.41, 5.74) is 3.11. The van der Waals surface area contributed by atoms with Gasteiger partial charge in [-0.3, -0.25) is 14.4 Å². The topological polar surface area (TPSA) is 109 Å². The predicted octanol–water partition coefficient (Wildman–Crippen LogP) is 2.76. The van der Waals surface area contributed by atoms with Crippen LogP contribution >= 0.6 is 23.2 Å². The molecule has 0 radical (unpaired) electrons. The molecular formula is C20H18Cl2N4O4. The molecule has 2 aromatic carbocycles. The molecule has 0 saturated heterocycles. The number of para-hydroxylation sites is 1. The SMILES string of the molecule is C=CCNC(=O)C(=O)N/N=C\c1ccc(OCC(=O)Nc2ccccc2Cl)c(Cl)c1. The molecule has 0 fully saturated rings. The van der Waals surface area contributed by atoms with Crippen molar-refractivity contribution in [1.82, 2.24) is 10.7 Å². The van der Waals surface area contributed by atoms with Gasteiger partial charge in [-0.2, -0.15) is 5.10 Å². The molecule has 3 amide bonds. The maximum Gasteiger partial charge on any atom is 0.329 e. The van der Waals surface area contributed by atoms with Crippen LogP contribution in [0, 0.1) is 0 Å². The highest BCUT2D eigenvalue weighted by Crippen LogP contribution is 2.25. The van der Waals surface area contributed by atoms with Crippen LogP contribution in [0.2, 0.25) is 10.0 Å². The first-order valence-electron chi connectivity index (χ1n) is 8.59. The monoisotopic (exact) mass is 448 g/mol. The van der Waals surface area contributed by atoms with Crippen molar-refractivity contribution in [2.24, 2.45) is 5.10 Å². The Kier molecular flexibility index (Phi) is 8.86. The molecule has 8 nitrogen and oxygen atoms in total. The number of nitrogens with zero attached hydrogens (tertiary/aromatic N) is 1. The molecule has 156 valence electrons. The lowest BCUT2D eigenvalue weighted by Crippen LogP contribution is -2.37. The zero-order valence-corrected chi connectivity index (χ0v) is 17.2. The average molecular weight is 449 g/mol. The van der Waals surface area contributed by atoms with Crippen LogP contribution < -0.4 is 20.8 Å². The van der Waals surface area contributed by atoms with E-state index in [1.165, 1.54) is 18.4 Å². The van der Waals surface area contributed by atoms with E-state index in [1.807, 2.05) is 0 Å². The van der Waals surface area contributed by atoms with Crippen molar-refractivity contribution in [3.63, 3.8) is 0 Å². The van der Waals surface area contributed by atoms with Gasteiger partial charge in [-0.1, -0.05) is 41.4 Å². The van der Waals surface area contributed by atoms with Gasteiger partial charge in [0, 0.05) is 6.54 Å². The second-order valence-corrected chi connectivity index (χ2v) is 6.52. The Labute approximate surface area is 182 Å². The molecule has 0 aliphatic carbocycles. The quantitative estimate of drug-likeness (QED) is 0.249. The first kappa shape index (κ1) is 22.9. The van der Waals surface area contributed by atoms with Crippen molar-refractivity contribution in [2.45, 2.75) is 0 Å². The smallest absolute Gasteiger partial charge is 0.329 e. The molecule has 0 aliphatic heterocycles. The number of ether oxygens (including phenoxy) is 1. The van der Waals surface area contributed by atoms with Gasteiger partial charge in [0.25, 0.3) is 5.91 Å². The number of hydrogen-bond acceptors (Lipinski definition) is 5. The molecule has 0 saturated carbocycles. The fourth-order valence-corrected chi connectivity index (χ4v) is 2.49. The van der Waals surface area contributed by atoms with Crippen LogP contribution in [0.5, 0.6) is 5.75 Å². The summed E-state index contributed by atoms with van der Waals surface area (Å²) in [6, 6.07) is 11.5. The minimum absolute atomic E-state index is 0.170. The van der Waals surface area contributed by atoms with Crippen LogP contribution in [0.3, 0.4) is 0 Å². The molecule has 30 heavy (non-hydrogen) atoms. The fourth-order valence-electron chi connectivity index (χ4n) is 2.07. The van der Waals surface area contributed by atoms with Crippen LogP contribution in [0.25, 0.3) is 0 Å². The van der Waals surface area contributed by atoms with Crippen LogP contribution in [0.4, 0.5) is 5.69 Å². The Bertz CT molecular complexity index is 979. The second kappa shape index (κ2) is 11.6. The summed E-state index contributed by atoms with van der Waals surface area (Å²) in [6.45, 7) is 3.33. The molecule has 3 N–H and O–H groups in total. The van der Waals surface area contributed by atoms with Crippen molar-refractivity contribution in [2.75, 3.05) is 18.5 Å². The Balaban J connectivity index is 1.86. The van der Waals surface area contributed by atoms with Crippen LogP contribution in [-0.2, 0) is 14.4 Å². The Hall–Kier alpha value is -3.36. The fraction of sp³-hybridized carbons (Fsp3) is 0.100. The lowest BCUT2D eigenvalue weighted by Gasteiger charge is -2.10. The molecule has 0 unspecified atom stereocenters. The van der Waals surface area contributed by atoms with Crippen molar-refractivity contribution in [1.29, 1.82) is 0 Å². The van der Waals surface area contributed by atoms with Crippen molar-refractivity contribution in [3.05, 3.63) is 70.7 Å². The van der Waals surface area contributed by atoms with E-state index in [0.717, 1.165) is 0 Å². The number of hydrazone groups is 1. The minimum atomic E-state index is -0.913. The van der Waals surface area contributed by atoms with Gasteiger partial charge in [0.15, 0.2) is 6.61 Å². The van der Waals surface area contributed by atoms with Crippen molar-refractivity contribution < 1.29 is 19.1 Å². The largest absolute Gasteiger partial charge is 0.482 e. The third kappa shape index (κ3) is 7.23. The van der Waals surface area contributed by atoms with Gasteiger partial charge in [0.2, 0.25) is 0 Å². The summed E-state index contributed by atoms with van der Waals surface area (Å²) in [7, 11) is 0. The highest BCUT2D eigenvalue weighted by molar-refractivity contribution is 6.35. The van der Waals surface area contributed by atoms with Crippen LogP contribution in [0.1, 0.15) is 5.56 Å². The van der Waals surface area contributed by atoms with Crippen molar-refractivity contribution in [3.8, 4) is 5.75 Å². The predicted molar refractivity (Wildman–Crippen MR) is 116 cm³/mol. The molecule has 0 atom stereocenters. The van der Waals surface area contributed by atoms with E-state index in [-0.39, 0.29) is 23.9 Å². The van der Waals surface area contributed by atoms with Gasteiger partial charge in [0.05, 0.1) is 21.9 Å². The molecule has 0 spiro atoms. The van der Waals surface area contributed by atoms with Gasteiger partial charge in [-0.15, -0.1) is 6.58 Å². The van der Waals surface area contributed by atoms with E-state index in [2.05, 4.69) is 27.7 Å². The summed E-state index contributed by atoms with van der Waals surface area (Å²) in [6.07, 6.45) is 2.75. The molecule has 0 heterocycles. The Morgan fingerprint density at radius 1 is 1.07 bits per heavy atom. The summed E-state index contributed by atoms with van der Waals surface area (Å²) >= 11 is 12.1. The third-order valence-electron chi connectivity index (χ3n) is 3.46. The molecular weight excluding hydrogens is 431 g/mol. The number of halogens is 2. The van der Waals surface area contributed by atoms with Gasteiger partial charge < -0.3 is 15.4 Å². The summed E-state index contributed by atoms with van der Waals surface area (Å²) in [5.74, 6) is -1.86. The second-order valence-electron chi connectivity index (χ2n) is 5.70. The van der Waals surface area contributed by atoms with Crippen LogP contribution in [-0.4, -0.2) is 37.1 Å². The summed E-state index contributed by atoms with van der Waals surface area (Å²) in [4.78, 5) is 34.9. The molecule has 2 aromatic rings. The minimum Gasteiger partial charge on any atom is -0.482 e. The summed E-state index contributed by atoms with van der Waals surface area (Å²) < 4.78 is 5.42. The number of hydrogen-bond donors (Lipinski definition) is 3. The first-order valence-corrected chi connectivity index (χ1v) is 9.35. The number of anilines is 1. The normalized spacial score (nSPS) is 10.3. The molecule has 0 bridgehead atoms. The van der Waals surface area contributed by atoms with E-state index in [9.17, 15) is 14.4 Å². The van der Waals surface area contributed by atoms with E-state index < -0.39 is 17.7 Å². The maximum atomic E-state index is 12.0. The van der Waals surface area contributed by atoms with Gasteiger partial charge in [0.1, 0.15) is 5.75 Å². The number of amides is 3. The first-order chi connectivity index (χ1) is 14.4. The molecule has 0 aromatic heterocycles. The Morgan fingerprint density at radius 3 is 2.53 bits per heavy atom. The lowest BCUT2D eigenvalue weighted by molar-refractivity contribution is -0.139. The highest BCUT2D eigenvalue weighted by atomic mass is 35.5. The van der Waals surface area contributed by atoms with Crippen LogP contribution in [0.15, 0.2) is 60.2 Å². The van der Waals surface area contributed by atoms with Gasteiger partial charge in [-0.25, -0.2) is 5.43 Å². The standard InChI is InChI=1S/C20H18Cl2N4O4/c1-2-9-23-19(28)20(29)26-24-11-13-7-8-17(15(22)10-13)30-12-18(27)25-16-6-4-3-5-14(16)21/h2-8,10-11H,1,9,12H2,(H,23,28)(H,25,27)(H,26,29)/b24-11-. The number of rotatable bonds is 8. The van der Waals surface area contributed by atoms with Gasteiger partial charge in [-0.05, 0) is 35.9 Å². The number of carbonyl (C=O) groups excluding carboxylic acids is 3. The zero-order chi connectivity index (χ0) is 21.9. The third-order valence-corrected chi connectivity index (χ3v) is 4.08. The molecule has 10 heteroatoms. The number of benzene rings is 2. The summed E-state index contributed by atoms with van der Waals surface area (Å²) in [5, 5.41) is 9.29.